The quantitative estimate of drug-likeness (QED) is 0.322. The molecule has 5 aliphatic carbocycles. The number of urea groups is 1. The fourth-order valence-corrected chi connectivity index (χ4v) is 11.6. The Morgan fingerprint density at radius 3 is 2.34 bits per heavy atom. The number of fused-ring (bicyclic) bond motifs is 5. The minimum Gasteiger partial charge on any atom is -0.393 e. The van der Waals surface area contributed by atoms with Crippen molar-refractivity contribution in [2.75, 3.05) is 6.54 Å². The van der Waals surface area contributed by atoms with Crippen LogP contribution < -0.4 is 10.0 Å². The van der Waals surface area contributed by atoms with Gasteiger partial charge in [0.15, 0.2) is 0 Å². The highest BCUT2D eigenvalue weighted by Crippen LogP contribution is 2.69. The molecule has 5 rings (SSSR count). The molecule has 0 aliphatic heterocycles. The first-order valence-electron chi connectivity index (χ1n) is 15.6. The van der Waals surface area contributed by atoms with Crippen molar-refractivity contribution in [1.29, 1.82) is 0 Å². The Labute approximate surface area is 230 Å². The van der Waals surface area contributed by atoms with Gasteiger partial charge in [-0.3, -0.25) is 0 Å². The number of aliphatic hydroxyl groups excluding tert-OH is 2. The van der Waals surface area contributed by atoms with E-state index in [4.69, 9.17) is 0 Å². The van der Waals surface area contributed by atoms with E-state index in [2.05, 4.69) is 37.7 Å². The Balaban J connectivity index is 1.20. The molecule has 2 amide bonds. The number of rotatable bonds is 8. The van der Waals surface area contributed by atoms with E-state index in [9.17, 15) is 23.4 Å². The predicted octanol–water partition coefficient (Wildman–Crippen LogP) is 4.82. The van der Waals surface area contributed by atoms with Crippen molar-refractivity contribution < 1.29 is 23.4 Å². The van der Waals surface area contributed by atoms with Gasteiger partial charge in [-0.2, -0.15) is 0 Å². The van der Waals surface area contributed by atoms with Crippen LogP contribution in [0.15, 0.2) is 0 Å². The number of carbonyl (C=O) groups excluding carboxylic acids is 1. The minimum absolute atomic E-state index is 0.209. The molecular weight excluding hydrogens is 500 g/mol. The van der Waals surface area contributed by atoms with E-state index < -0.39 is 21.3 Å². The van der Waals surface area contributed by atoms with Gasteiger partial charge in [0.2, 0.25) is 10.0 Å². The lowest BCUT2D eigenvalue weighted by molar-refractivity contribution is -0.203. The smallest absolute Gasteiger partial charge is 0.328 e. The topological polar surface area (TPSA) is 116 Å². The zero-order chi connectivity index (χ0) is 27.5. The molecule has 0 aromatic rings. The molecule has 38 heavy (non-hydrogen) atoms. The lowest BCUT2D eigenvalue weighted by Crippen LogP contribution is -2.62. The van der Waals surface area contributed by atoms with Gasteiger partial charge in [-0.15, -0.1) is 0 Å². The summed E-state index contributed by atoms with van der Waals surface area (Å²) in [5.41, 5.74) is 0.467. The van der Waals surface area contributed by atoms with E-state index >= 15 is 0 Å². The van der Waals surface area contributed by atoms with Gasteiger partial charge in [-0.25, -0.2) is 17.9 Å². The predicted molar refractivity (Wildman–Crippen MR) is 149 cm³/mol. The highest BCUT2D eigenvalue weighted by molar-refractivity contribution is 7.90. The molecule has 218 valence electrons. The van der Waals surface area contributed by atoms with Crippen LogP contribution in [-0.4, -0.2) is 48.7 Å². The van der Waals surface area contributed by atoms with Crippen LogP contribution in [0, 0.1) is 52.3 Å². The maximum Gasteiger partial charge on any atom is 0.328 e. The van der Waals surface area contributed by atoms with E-state index in [1.165, 1.54) is 25.7 Å². The molecule has 0 saturated heterocycles. The van der Waals surface area contributed by atoms with Crippen LogP contribution in [0.4, 0.5) is 4.79 Å². The van der Waals surface area contributed by atoms with Gasteiger partial charge < -0.3 is 15.5 Å². The Morgan fingerprint density at radius 1 is 0.974 bits per heavy atom. The summed E-state index contributed by atoms with van der Waals surface area (Å²) in [7, 11) is -3.50. The van der Waals surface area contributed by atoms with Gasteiger partial charge >= 0.3 is 6.03 Å². The van der Waals surface area contributed by atoms with Crippen LogP contribution in [0.2, 0.25) is 0 Å². The summed E-state index contributed by atoms with van der Waals surface area (Å²) in [5, 5.41) is 24.7. The van der Waals surface area contributed by atoms with Crippen molar-refractivity contribution in [3.8, 4) is 0 Å². The maximum atomic E-state index is 12.1. The molecule has 5 aliphatic rings. The summed E-state index contributed by atoms with van der Waals surface area (Å²) in [5.74, 6) is 3.33. The van der Waals surface area contributed by atoms with Crippen molar-refractivity contribution in [3.05, 3.63) is 0 Å². The van der Waals surface area contributed by atoms with Crippen molar-refractivity contribution in [2.24, 2.45) is 52.3 Å². The number of sulfonamides is 1. The second-order valence-corrected chi connectivity index (χ2v) is 16.3. The summed E-state index contributed by atoms with van der Waals surface area (Å²) in [6.45, 7) is 10.1. The molecule has 0 heterocycles. The van der Waals surface area contributed by atoms with Gasteiger partial charge in [0.1, 0.15) is 0 Å². The number of aliphatic hydroxyl groups is 2. The number of hydrogen-bond acceptors (Lipinski definition) is 5. The summed E-state index contributed by atoms with van der Waals surface area (Å²) >= 11 is 0. The molecule has 7 nitrogen and oxygen atoms in total. The minimum atomic E-state index is -3.50. The highest BCUT2D eigenvalue weighted by Gasteiger charge is 2.64. The fourth-order valence-electron chi connectivity index (χ4n) is 10.4. The van der Waals surface area contributed by atoms with Crippen molar-refractivity contribution in [3.63, 3.8) is 0 Å². The average molecular weight is 553 g/mol. The molecule has 5 saturated carbocycles. The number of nitrogens with one attached hydrogen (secondary N) is 2. The molecule has 8 heteroatoms. The molecule has 4 N–H and O–H groups in total. The van der Waals surface area contributed by atoms with Crippen LogP contribution >= 0.6 is 0 Å². The van der Waals surface area contributed by atoms with E-state index in [1.54, 1.807) is 0 Å². The molecule has 11 atom stereocenters. The fraction of sp³-hybridized carbons (Fsp3) is 0.967. The molecule has 0 spiro atoms. The number of hydrogen-bond donors (Lipinski definition) is 4. The van der Waals surface area contributed by atoms with E-state index in [0.717, 1.165) is 38.5 Å². The molecule has 0 bridgehead atoms. The van der Waals surface area contributed by atoms with Gasteiger partial charge in [0.05, 0.1) is 17.5 Å². The zero-order valence-electron chi connectivity index (χ0n) is 24.0. The van der Waals surface area contributed by atoms with E-state index in [1.807, 2.05) is 0 Å². The standard InChI is InChI=1S/C30H52N2O5S/c1-5-21-25-17-19(33)12-14-30(25,4)24-13-15-29(3)22(10-11-23(29)26(24)27(21)34)18(2)7-6-16-31-28(35)32-38(36,37)20-8-9-20/h18-27,33-34H,5-17H2,1-4H3,(H2,31,32,35)/t18-,19-,21-,22-,23+,24+,25?,26+,27-,29?,30?/m1/s1. The van der Waals surface area contributed by atoms with Crippen molar-refractivity contribution in [2.45, 2.75) is 122 Å². The summed E-state index contributed by atoms with van der Waals surface area (Å²) < 4.78 is 26.1. The van der Waals surface area contributed by atoms with Crippen LogP contribution in [0.5, 0.6) is 0 Å². The number of carbonyl (C=O) groups is 1. The molecular formula is C30H52N2O5S. The lowest BCUT2D eigenvalue weighted by Gasteiger charge is -2.64. The highest BCUT2D eigenvalue weighted by atomic mass is 32.2. The van der Waals surface area contributed by atoms with E-state index in [0.29, 0.717) is 54.9 Å². The second-order valence-electron chi connectivity index (χ2n) is 14.3. The summed E-state index contributed by atoms with van der Waals surface area (Å²) in [4.78, 5) is 12.1. The van der Waals surface area contributed by atoms with Gasteiger partial charge in [-0.1, -0.05) is 34.1 Å². The average Bonchev–Trinajstić information content (AvgIpc) is 3.66. The van der Waals surface area contributed by atoms with Crippen molar-refractivity contribution in [1.82, 2.24) is 10.0 Å². The van der Waals surface area contributed by atoms with Gasteiger partial charge in [0.25, 0.3) is 0 Å². The third-order valence-electron chi connectivity index (χ3n) is 12.5. The third kappa shape index (κ3) is 4.93. The van der Waals surface area contributed by atoms with Crippen LogP contribution in [0.1, 0.15) is 105 Å². The largest absolute Gasteiger partial charge is 0.393 e. The van der Waals surface area contributed by atoms with Gasteiger partial charge in [-0.05, 0) is 123 Å². The van der Waals surface area contributed by atoms with Gasteiger partial charge in [0, 0.05) is 6.54 Å². The molecule has 0 aromatic heterocycles. The first-order valence-corrected chi connectivity index (χ1v) is 17.1. The van der Waals surface area contributed by atoms with Crippen LogP contribution in [0.25, 0.3) is 0 Å². The SMILES string of the molecule is CC[C@@H]1C2C[C@H](O)CCC2(C)[C@H]2CCC3(C)[C@@H]([C@H](C)CCCNC(=O)NS(=O)(=O)C4CC4)CC[C@H]3[C@@H]2[C@@H]1O. The zero-order valence-corrected chi connectivity index (χ0v) is 24.8. The molecule has 0 aromatic carbocycles. The molecule has 3 unspecified atom stereocenters. The van der Waals surface area contributed by atoms with Crippen LogP contribution in [0.3, 0.4) is 0 Å². The Kier molecular flexibility index (Phi) is 7.93. The van der Waals surface area contributed by atoms with Crippen molar-refractivity contribution >= 4 is 16.1 Å². The third-order valence-corrected chi connectivity index (χ3v) is 14.3. The Morgan fingerprint density at radius 2 is 1.66 bits per heavy atom. The van der Waals surface area contributed by atoms with Crippen LogP contribution in [-0.2, 0) is 10.0 Å². The molecule has 5 fully saturated rings. The monoisotopic (exact) mass is 552 g/mol. The summed E-state index contributed by atoms with van der Waals surface area (Å²) in [6.07, 6.45) is 11.3. The van der Waals surface area contributed by atoms with E-state index in [-0.39, 0.29) is 29.0 Å². The Bertz CT molecular complexity index is 985. The first kappa shape index (κ1) is 28.7. The maximum absolute atomic E-state index is 12.1. The normalized spacial score (nSPS) is 45.4. The Hall–Kier alpha value is -0.860. The summed E-state index contributed by atoms with van der Waals surface area (Å²) in [6, 6.07) is -0.602. The first-order chi connectivity index (χ1) is 17.9. The molecule has 0 radical (unpaired) electrons. The second kappa shape index (κ2) is 10.5. The number of amides is 2. The lowest BCUT2D eigenvalue weighted by atomic mass is 9.41.